The topological polar surface area (TPSA) is 78.9 Å². The summed E-state index contributed by atoms with van der Waals surface area (Å²) in [5.41, 5.74) is -0.211. The number of hydrogen-bond donors (Lipinski definition) is 0. The van der Waals surface area contributed by atoms with Gasteiger partial charge in [0.05, 0.1) is 12.8 Å². The van der Waals surface area contributed by atoms with Gasteiger partial charge in [-0.2, -0.15) is 0 Å². The first kappa shape index (κ1) is 16.0. The zero-order chi connectivity index (χ0) is 14.8. The lowest BCUT2D eigenvalue weighted by Gasteiger charge is -2.05. The lowest BCUT2D eigenvalue weighted by molar-refractivity contribution is -0.155. The molecule has 0 aliphatic rings. The molecule has 6 nitrogen and oxygen atoms in total. The number of ether oxygens (including phenoxy) is 3. The molecule has 0 saturated heterocycles. The maximum absolute atomic E-state index is 11.4. The molecule has 0 atom stereocenters. The van der Waals surface area contributed by atoms with Crippen molar-refractivity contribution in [3.05, 3.63) is 35.9 Å². The average molecular weight is 301 g/mol. The van der Waals surface area contributed by atoms with Crippen LogP contribution in [-0.2, 0) is 30.4 Å². The van der Waals surface area contributed by atoms with Crippen molar-refractivity contribution in [1.82, 2.24) is 0 Å². The van der Waals surface area contributed by atoms with E-state index in [-0.39, 0.29) is 19.4 Å². The van der Waals surface area contributed by atoms with Gasteiger partial charge in [0, 0.05) is 11.6 Å². The number of esters is 2. The van der Waals surface area contributed by atoms with Gasteiger partial charge in [-0.25, -0.2) is 4.79 Å². The minimum Gasteiger partial charge on any atom is -0.461 e. The molecule has 0 N–H and O–H groups in total. The second-order valence-electron chi connectivity index (χ2n) is 3.66. The fraction of sp³-hybridized carbons (Fsp3) is 0.308. The fourth-order valence-corrected chi connectivity index (χ4v) is 1.27. The molecule has 0 saturated carbocycles. The highest BCUT2D eigenvalue weighted by atomic mass is 35.5. The van der Waals surface area contributed by atoms with E-state index in [9.17, 15) is 14.4 Å². The third-order valence-electron chi connectivity index (χ3n) is 2.17. The van der Waals surface area contributed by atoms with Crippen LogP contribution in [0.15, 0.2) is 30.3 Å². The van der Waals surface area contributed by atoms with E-state index in [0.717, 1.165) is 5.56 Å². The molecule has 0 spiro atoms. The van der Waals surface area contributed by atoms with E-state index in [1.54, 1.807) is 0 Å². The van der Waals surface area contributed by atoms with Crippen LogP contribution in [0.3, 0.4) is 0 Å². The standard InChI is InChI=1S/C13H13ClO6/c14-13(17)20-9-19-12(16)7-6-11(15)18-8-10-4-2-1-3-5-10/h1-5H,6-9H2. The molecule has 20 heavy (non-hydrogen) atoms. The van der Waals surface area contributed by atoms with Crippen molar-refractivity contribution in [2.45, 2.75) is 19.4 Å². The van der Waals surface area contributed by atoms with Crippen molar-refractivity contribution < 1.29 is 28.6 Å². The Kier molecular flexibility index (Phi) is 7.13. The summed E-state index contributed by atoms with van der Waals surface area (Å²) >= 11 is 4.86. The lowest BCUT2D eigenvalue weighted by Crippen LogP contribution is -2.12. The van der Waals surface area contributed by atoms with E-state index in [1.165, 1.54) is 0 Å². The van der Waals surface area contributed by atoms with Crippen molar-refractivity contribution in [2.24, 2.45) is 0 Å². The van der Waals surface area contributed by atoms with Crippen LogP contribution in [0.1, 0.15) is 18.4 Å². The number of rotatable bonds is 7. The molecule has 0 fully saturated rings. The molecule has 0 amide bonds. The van der Waals surface area contributed by atoms with Crippen molar-refractivity contribution in [3.8, 4) is 0 Å². The summed E-state index contributed by atoms with van der Waals surface area (Å²) in [5, 5.41) is 0. The molecule has 0 heterocycles. The molecule has 0 unspecified atom stereocenters. The van der Waals surface area contributed by atoms with Gasteiger partial charge in [-0.3, -0.25) is 9.59 Å². The van der Waals surface area contributed by atoms with Crippen molar-refractivity contribution in [1.29, 1.82) is 0 Å². The molecule has 7 heteroatoms. The molecule has 0 aliphatic carbocycles. The van der Waals surface area contributed by atoms with Crippen LogP contribution in [-0.4, -0.2) is 24.2 Å². The molecule has 1 aromatic carbocycles. The van der Waals surface area contributed by atoms with Crippen molar-refractivity contribution in [2.75, 3.05) is 6.79 Å². The third kappa shape index (κ3) is 7.38. The Morgan fingerprint density at radius 3 is 2.10 bits per heavy atom. The molecule has 1 aromatic rings. The van der Waals surface area contributed by atoms with Gasteiger partial charge in [0.2, 0.25) is 6.79 Å². The predicted molar refractivity (Wildman–Crippen MR) is 68.8 cm³/mol. The molecule has 1 rings (SSSR count). The maximum atomic E-state index is 11.4. The largest absolute Gasteiger partial charge is 0.461 e. The average Bonchev–Trinajstić information content (AvgIpc) is 2.43. The van der Waals surface area contributed by atoms with Gasteiger partial charge in [0.25, 0.3) is 0 Å². The van der Waals surface area contributed by atoms with E-state index < -0.39 is 24.2 Å². The van der Waals surface area contributed by atoms with Crippen LogP contribution < -0.4 is 0 Å². The monoisotopic (exact) mass is 300 g/mol. The van der Waals surface area contributed by atoms with E-state index in [0.29, 0.717) is 0 Å². The number of carbonyl (C=O) groups excluding carboxylic acids is 3. The van der Waals surface area contributed by atoms with Gasteiger partial charge < -0.3 is 14.2 Å². The molecule has 0 bridgehead atoms. The minimum absolute atomic E-state index is 0.111. The summed E-state index contributed by atoms with van der Waals surface area (Å²) < 4.78 is 13.7. The summed E-state index contributed by atoms with van der Waals surface area (Å²) in [7, 11) is 0. The van der Waals surface area contributed by atoms with Crippen LogP contribution in [0.25, 0.3) is 0 Å². The van der Waals surface area contributed by atoms with Gasteiger partial charge in [0.1, 0.15) is 6.61 Å². The van der Waals surface area contributed by atoms with E-state index in [2.05, 4.69) is 9.47 Å². The lowest BCUT2D eigenvalue weighted by atomic mass is 10.2. The maximum Gasteiger partial charge on any atom is 0.406 e. The number of carbonyl (C=O) groups is 3. The van der Waals surface area contributed by atoms with E-state index in [4.69, 9.17) is 16.3 Å². The summed E-state index contributed by atoms with van der Waals surface area (Å²) in [6.07, 6.45) is -0.270. The SMILES string of the molecule is O=C(Cl)OCOC(=O)CCC(=O)OCc1ccccc1. The molecule has 0 radical (unpaired) electrons. The first-order valence-corrected chi connectivity index (χ1v) is 6.13. The normalized spacial score (nSPS) is 9.65. The number of benzene rings is 1. The minimum atomic E-state index is -1.07. The quantitative estimate of drug-likeness (QED) is 0.437. The Morgan fingerprint density at radius 2 is 1.50 bits per heavy atom. The van der Waals surface area contributed by atoms with Gasteiger partial charge in [-0.05, 0) is 5.56 Å². The van der Waals surface area contributed by atoms with Gasteiger partial charge in [0.15, 0.2) is 0 Å². The molecule has 0 aliphatic heterocycles. The highest BCUT2D eigenvalue weighted by Gasteiger charge is 2.10. The Morgan fingerprint density at radius 1 is 0.900 bits per heavy atom. The van der Waals surface area contributed by atoms with Crippen molar-refractivity contribution in [3.63, 3.8) is 0 Å². The first-order chi connectivity index (χ1) is 9.58. The Balaban J connectivity index is 2.13. The van der Waals surface area contributed by atoms with Crippen LogP contribution in [0.4, 0.5) is 4.79 Å². The van der Waals surface area contributed by atoms with Gasteiger partial charge in [-0.1, -0.05) is 30.3 Å². The number of hydrogen-bond acceptors (Lipinski definition) is 6. The van der Waals surface area contributed by atoms with E-state index >= 15 is 0 Å². The highest BCUT2D eigenvalue weighted by Crippen LogP contribution is 2.03. The van der Waals surface area contributed by atoms with Gasteiger partial charge in [-0.15, -0.1) is 0 Å². The van der Waals surface area contributed by atoms with Crippen LogP contribution in [0.2, 0.25) is 0 Å². The number of halogens is 1. The third-order valence-corrected chi connectivity index (χ3v) is 2.28. The second-order valence-corrected chi connectivity index (χ2v) is 3.97. The smallest absolute Gasteiger partial charge is 0.406 e. The molecule has 108 valence electrons. The zero-order valence-electron chi connectivity index (χ0n) is 10.5. The van der Waals surface area contributed by atoms with E-state index in [1.807, 2.05) is 30.3 Å². The van der Waals surface area contributed by atoms with Crippen LogP contribution in [0.5, 0.6) is 0 Å². The predicted octanol–water partition coefficient (Wildman–Crippen LogP) is 2.39. The van der Waals surface area contributed by atoms with Crippen LogP contribution >= 0.6 is 11.6 Å². The summed E-state index contributed by atoms with van der Waals surface area (Å²) in [6.45, 7) is -0.418. The summed E-state index contributed by atoms with van der Waals surface area (Å²) in [6, 6.07) is 9.16. The van der Waals surface area contributed by atoms with Crippen molar-refractivity contribution >= 4 is 29.0 Å². The Hall–Kier alpha value is -2.08. The van der Waals surface area contributed by atoms with Gasteiger partial charge >= 0.3 is 17.4 Å². The molecular weight excluding hydrogens is 288 g/mol. The zero-order valence-corrected chi connectivity index (χ0v) is 11.3. The summed E-state index contributed by atoms with van der Waals surface area (Å²) in [5.74, 6) is -1.19. The second kappa shape index (κ2) is 8.92. The Bertz CT molecular complexity index is 459. The van der Waals surface area contributed by atoms with Crippen LogP contribution in [0, 0.1) is 0 Å². The molecule has 0 aromatic heterocycles. The first-order valence-electron chi connectivity index (χ1n) is 5.75. The fourth-order valence-electron chi connectivity index (χ4n) is 1.23. The Labute approximate surface area is 120 Å². The molecular formula is C13H13ClO6. The summed E-state index contributed by atoms with van der Waals surface area (Å²) in [4.78, 5) is 32.7. The highest BCUT2D eigenvalue weighted by molar-refractivity contribution is 6.61.